The molecular weight excluding hydrogens is 632 g/mol. The summed E-state index contributed by atoms with van der Waals surface area (Å²) in [4.78, 5) is 7.59. The molecule has 7 nitrogen and oxygen atoms in total. The van der Waals surface area contributed by atoms with E-state index in [1.54, 1.807) is 30.3 Å². The molecule has 1 aromatic heterocycles. The number of thiocarbonyl (C=S) groups is 1. The molecule has 1 heterocycles. The number of nitrogens with one attached hydrogen (secondary N) is 1. The van der Waals surface area contributed by atoms with Crippen molar-refractivity contribution in [3.63, 3.8) is 0 Å². The molecule has 0 aliphatic heterocycles. The minimum absolute atomic E-state index is 0.116. The lowest BCUT2D eigenvalue weighted by atomic mass is 9.89. The molecule has 4 rings (SSSR count). The Kier molecular flexibility index (Phi) is 10.1. The van der Waals surface area contributed by atoms with E-state index < -0.39 is 28.5 Å². The van der Waals surface area contributed by atoms with Crippen LogP contribution in [-0.4, -0.2) is 66.0 Å². The Morgan fingerprint density at radius 2 is 1.81 bits per heavy atom. The van der Waals surface area contributed by atoms with E-state index in [0.29, 0.717) is 49.5 Å². The zero-order valence-corrected chi connectivity index (χ0v) is 26.4. The number of alkyl halides is 3. The number of hydrogen-bond donors (Lipinski definition) is 1. The van der Waals surface area contributed by atoms with E-state index in [2.05, 4.69) is 24.3 Å². The van der Waals surface area contributed by atoms with E-state index in [1.165, 1.54) is 12.1 Å². The van der Waals surface area contributed by atoms with Gasteiger partial charge < -0.3 is 14.4 Å². The summed E-state index contributed by atoms with van der Waals surface area (Å²) in [6.45, 7) is 1.86. The van der Waals surface area contributed by atoms with Crippen LogP contribution in [0.25, 0.3) is 17.1 Å². The Bertz CT molecular complexity index is 1540. The maximum Gasteiger partial charge on any atom is 0.390 e. The van der Waals surface area contributed by atoms with E-state index in [9.17, 15) is 21.6 Å². The van der Waals surface area contributed by atoms with Gasteiger partial charge in [-0.2, -0.15) is 21.6 Å². The van der Waals surface area contributed by atoms with Gasteiger partial charge in [-0.15, -0.1) is 0 Å². The molecule has 42 heavy (non-hydrogen) atoms. The number of nitrogens with zero attached hydrogens (tertiary/aromatic N) is 3. The second kappa shape index (κ2) is 13.1. The summed E-state index contributed by atoms with van der Waals surface area (Å²) in [5.41, 5.74) is 2.44. The molecule has 1 fully saturated rings. The van der Waals surface area contributed by atoms with Crippen molar-refractivity contribution in [3.8, 4) is 22.8 Å². The summed E-state index contributed by atoms with van der Waals surface area (Å²) in [5, 5.41) is 4.35. The molecule has 0 radical (unpaired) electrons. The van der Waals surface area contributed by atoms with Crippen LogP contribution < -0.4 is 9.50 Å². The van der Waals surface area contributed by atoms with E-state index in [1.807, 2.05) is 11.5 Å². The lowest BCUT2D eigenvalue weighted by Gasteiger charge is -2.37. The Morgan fingerprint density at radius 3 is 2.43 bits per heavy atom. The molecule has 1 N–H and O–H groups in total. The number of benzene rings is 2. The van der Waals surface area contributed by atoms with Crippen LogP contribution in [0, 0.1) is 6.92 Å². The van der Waals surface area contributed by atoms with Gasteiger partial charge in [-0.25, -0.2) is 4.98 Å². The molecule has 228 valence electrons. The zero-order valence-electron chi connectivity index (χ0n) is 23.2. The van der Waals surface area contributed by atoms with Gasteiger partial charge in [0.15, 0.2) is 0 Å². The van der Waals surface area contributed by atoms with Gasteiger partial charge in [-0.3, -0.25) is 4.57 Å². The number of imidazole rings is 1. The van der Waals surface area contributed by atoms with Crippen molar-refractivity contribution in [2.75, 3.05) is 19.8 Å². The normalized spacial score (nSPS) is 17.8. The quantitative estimate of drug-likeness (QED) is 0.196. The molecule has 0 spiro atoms. The summed E-state index contributed by atoms with van der Waals surface area (Å²) in [6, 6.07) is 11.4. The number of aromatic nitrogens is 2. The SMILES string of the molecule is Cc1c(C(=S)NC2CCCCC2N(C)C)nc(-c2ccc(Cl)cc2Cl)n1-c1ccc(OS(=O)(=O)CCC(F)(F)F)cc1. The minimum atomic E-state index is -4.62. The summed E-state index contributed by atoms with van der Waals surface area (Å²) in [6.07, 6.45) is -1.82. The zero-order chi connectivity index (χ0) is 30.8. The predicted molar refractivity (Wildman–Crippen MR) is 163 cm³/mol. The fourth-order valence-corrected chi connectivity index (χ4v) is 6.91. The van der Waals surface area contributed by atoms with Crippen LogP contribution in [0.3, 0.4) is 0 Å². The van der Waals surface area contributed by atoms with Crippen LogP contribution in [-0.2, 0) is 10.1 Å². The third-order valence-electron chi connectivity index (χ3n) is 7.16. The molecule has 1 aliphatic rings. The molecule has 0 saturated heterocycles. The molecule has 1 saturated carbocycles. The van der Waals surface area contributed by atoms with Crippen LogP contribution in [0.4, 0.5) is 13.2 Å². The number of rotatable bonds is 9. The van der Waals surface area contributed by atoms with Crippen molar-refractivity contribution in [1.29, 1.82) is 0 Å². The van der Waals surface area contributed by atoms with Crippen LogP contribution in [0.5, 0.6) is 5.75 Å². The first-order valence-electron chi connectivity index (χ1n) is 13.3. The van der Waals surface area contributed by atoms with Crippen molar-refractivity contribution in [2.45, 2.75) is 57.3 Å². The van der Waals surface area contributed by atoms with Crippen LogP contribution in [0.15, 0.2) is 42.5 Å². The Balaban J connectivity index is 1.69. The highest BCUT2D eigenvalue weighted by atomic mass is 35.5. The van der Waals surface area contributed by atoms with Crippen LogP contribution in [0.2, 0.25) is 10.0 Å². The van der Waals surface area contributed by atoms with E-state index in [4.69, 9.17) is 44.6 Å². The topological polar surface area (TPSA) is 76.5 Å². The van der Waals surface area contributed by atoms with Gasteiger partial charge in [-0.1, -0.05) is 48.3 Å². The molecule has 2 aromatic carbocycles. The van der Waals surface area contributed by atoms with Gasteiger partial charge in [0.1, 0.15) is 22.3 Å². The maximum atomic E-state index is 12.5. The van der Waals surface area contributed by atoms with E-state index in [0.717, 1.165) is 25.7 Å². The average molecular weight is 664 g/mol. The largest absolute Gasteiger partial charge is 0.390 e. The maximum absolute atomic E-state index is 12.5. The summed E-state index contributed by atoms with van der Waals surface area (Å²) in [7, 11) is -0.327. The van der Waals surface area contributed by atoms with Crippen molar-refractivity contribution >= 4 is 50.5 Å². The first kappa shape index (κ1) is 32.5. The molecule has 3 aromatic rings. The number of hydrogen-bond acceptors (Lipinski definition) is 6. The lowest BCUT2D eigenvalue weighted by molar-refractivity contribution is -0.130. The number of likely N-dealkylation sites (N-methyl/N-ethyl adjacent to an activating group) is 1. The third-order valence-corrected chi connectivity index (χ3v) is 9.17. The standard InChI is InChI=1S/C28H31Cl2F3N4O3S2/c1-17-25(27(41)34-23-6-4-5-7-24(23)36(2)3)35-26(21-13-8-18(29)16-22(21)30)37(17)19-9-11-20(12-10-19)40-42(38,39)15-14-28(31,32)33/h8-13,16,23-24H,4-7,14-15H2,1-3H3,(H,34,41). The fourth-order valence-electron chi connectivity index (χ4n) is 5.10. The smallest absolute Gasteiger partial charge is 0.382 e. The third kappa shape index (κ3) is 7.96. The Labute approximate surface area is 259 Å². The van der Waals surface area contributed by atoms with Gasteiger partial charge >= 0.3 is 16.3 Å². The van der Waals surface area contributed by atoms with Crippen LogP contribution in [0.1, 0.15) is 43.5 Å². The first-order valence-corrected chi connectivity index (χ1v) is 16.0. The van der Waals surface area contributed by atoms with Gasteiger partial charge in [0.05, 0.1) is 22.9 Å². The molecule has 2 atom stereocenters. The van der Waals surface area contributed by atoms with Gasteiger partial charge in [0.2, 0.25) is 0 Å². The lowest BCUT2D eigenvalue weighted by Crippen LogP contribution is -2.51. The molecule has 14 heteroatoms. The highest BCUT2D eigenvalue weighted by Gasteiger charge is 2.31. The highest BCUT2D eigenvalue weighted by Crippen LogP contribution is 2.34. The average Bonchev–Trinajstić information content (AvgIpc) is 3.24. The first-order chi connectivity index (χ1) is 19.6. The molecule has 2 unspecified atom stereocenters. The van der Waals surface area contributed by atoms with Crippen molar-refractivity contribution in [2.24, 2.45) is 0 Å². The summed E-state index contributed by atoms with van der Waals surface area (Å²) in [5.74, 6) is -0.816. The Morgan fingerprint density at radius 1 is 1.14 bits per heavy atom. The highest BCUT2D eigenvalue weighted by molar-refractivity contribution is 7.87. The molecule has 1 aliphatic carbocycles. The molecule has 0 amide bonds. The van der Waals surface area contributed by atoms with Gasteiger partial charge in [0, 0.05) is 28.4 Å². The Hall–Kier alpha value is -2.38. The van der Waals surface area contributed by atoms with Gasteiger partial charge in [0.25, 0.3) is 0 Å². The van der Waals surface area contributed by atoms with Crippen molar-refractivity contribution < 1.29 is 25.8 Å². The predicted octanol–water partition coefficient (Wildman–Crippen LogP) is 6.95. The number of halogens is 5. The van der Waals surface area contributed by atoms with E-state index in [-0.39, 0.29) is 11.8 Å². The second-order valence-electron chi connectivity index (χ2n) is 10.4. The summed E-state index contributed by atoms with van der Waals surface area (Å²) >= 11 is 18.6. The monoisotopic (exact) mass is 662 g/mol. The van der Waals surface area contributed by atoms with Crippen LogP contribution >= 0.6 is 35.4 Å². The summed E-state index contributed by atoms with van der Waals surface area (Å²) < 4.78 is 68.4. The second-order valence-corrected chi connectivity index (χ2v) is 13.4. The van der Waals surface area contributed by atoms with E-state index >= 15 is 0 Å². The van der Waals surface area contributed by atoms with Gasteiger partial charge in [-0.05, 0) is 76.3 Å². The molecule has 0 bridgehead atoms. The minimum Gasteiger partial charge on any atom is -0.382 e. The van der Waals surface area contributed by atoms with Crippen molar-refractivity contribution in [3.05, 3.63) is 63.9 Å². The molecular formula is C28H31Cl2F3N4O3S2. The fraction of sp³-hybridized carbons (Fsp3) is 0.429. The van der Waals surface area contributed by atoms with Crippen molar-refractivity contribution in [1.82, 2.24) is 19.8 Å².